The van der Waals surface area contributed by atoms with Crippen LogP contribution < -0.4 is 5.73 Å². The van der Waals surface area contributed by atoms with E-state index in [4.69, 9.17) is 5.73 Å². The maximum Gasteiger partial charge on any atom is 0.225 e. The number of fused-ring (bicyclic) bond motifs is 2. The van der Waals surface area contributed by atoms with Crippen molar-refractivity contribution in [3.63, 3.8) is 0 Å². The van der Waals surface area contributed by atoms with Crippen LogP contribution >= 0.6 is 11.3 Å². The van der Waals surface area contributed by atoms with Gasteiger partial charge < -0.3 is 10.6 Å². The Balaban J connectivity index is 1.30. The van der Waals surface area contributed by atoms with Crippen molar-refractivity contribution in [2.75, 3.05) is 26.2 Å². The summed E-state index contributed by atoms with van der Waals surface area (Å²) in [6.45, 7) is 4.82. The zero-order valence-electron chi connectivity index (χ0n) is 14.4. The van der Waals surface area contributed by atoms with Gasteiger partial charge in [0.2, 0.25) is 5.91 Å². The number of amides is 1. The predicted octanol–water partition coefficient (Wildman–Crippen LogP) is 2.55. The molecule has 1 aliphatic heterocycles. The normalized spacial score (nSPS) is 34.3. The Hall–Kier alpha value is -0.910. The number of nitrogens with two attached hydrogens (primary N) is 1. The highest BCUT2D eigenvalue weighted by molar-refractivity contribution is 7.09. The number of rotatable bonds is 3. The van der Waals surface area contributed by atoms with Crippen LogP contribution in [0.3, 0.4) is 0 Å². The Morgan fingerprint density at radius 2 is 1.88 bits per heavy atom. The monoisotopic (exact) mass is 347 g/mol. The van der Waals surface area contributed by atoms with Crippen molar-refractivity contribution in [3.8, 4) is 0 Å². The largest absolute Gasteiger partial charge is 0.340 e. The summed E-state index contributed by atoms with van der Waals surface area (Å²) in [7, 11) is 0. The molecule has 3 fully saturated rings. The van der Waals surface area contributed by atoms with Gasteiger partial charge in [0.05, 0.1) is 0 Å². The lowest BCUT2D eigenvalue weighted by Crippen LogP contribution is -2.53. The van der Waals surface area contributed by atoms with Crippen LogP contribution in [0, 0.1) is 17.8 Å². The number of piperazine rings is 1. The molecule has 2 heterocycles. The van der Waals surface area contributed by atoms with Gasteiger partial charge >= 0.3 is 0 Å². The number of hydrogen-bond donors (Lipinski definition) is 1. The Kier molecular flexibility index (Phi) is 4.93. The maximum atomic E-state index is 13.0. The van der Waals surface area contributed by atoms with Crippen LogP contribution in [0.25, 0.3) is 0 Å². The highest BCUT2D eigenvalue weighted by Gasteiger charge is 2.41. The SMILES string of the molecule is NC1C2CCCC1CC(C(=O)N1CCN(Cc3cccs3)CC1)C2. The highest BCUT2D eigenvalue weighted by atomic mass is 32.1. The molecule has 1 aromatic rings. The fourth-order valence-corrected chi connectivity index (χ4v) is 5.74. The molecule has 2 bridgehead atoms. The van der Waals surface area contributed by atoms with E-state index in [0.29, 0.717) is 23.8 Å². The molecule has 0 aromatic carbocycles. The van der Waals surface area contributed by atoms with Crippen LogP contribution in [0.4, 0.5) is 0 Å². The lowest BCUT2D eigenvalue weighted by molar-refractivity contribution is -0.140. The average Bonchev–Trinajstić information content (AvgIpc) is 3.08. The van der Waals surface area contributed by atoms with E-state index in [1.54, 1.807) is 0 Å². The van der Waals surface area contributed by atoms with Crippen LogP contribution in [0.1, 0.15) is 37.0 Å². The molecule has 24 heavy (non-hydrogen) atoms. The molecule has 132 valence electrons. The summed E-state index contributed by atoms with van der Waals surface area (Å²) in [4.78, 5) is 19.0. The number of nitrogens with zero attached hydrogens (tertiary/aromatic N) is 2. The number of thiophene rings is 1. The summed E-state index contributed by atoms with van der Waals surface area (Å²) < 4.78 is 0. The molecular formula is C19H29N3OS. The minimum Gasteiger partial charge on any atom is -0.340 e. The third kappa shape index (κ3) is 3.39. The van der Waals surface area contributed by atoms with Gasteiger partial charge in [0.15, 0.2) is 0 Å². The Morgan fingerprint density at radius 1 is 1.17 bits per heavy atom. The van der Waals surface area contributed by atoms with E-state index in [0.717, 1.165) is 45.6 Å². The van der Waals surface area contributed by atoms with Gasteiger partial charge in [-0.2, -0.15) is 0 Å². The summed E-state index contributed by atoms with van der Waals surface area (Å²) >= 11 is 1.82. The number of carbonyl (C=O) groups excluding carboxylic acids is 1. The second-order valence-electron chi connectivity index (χ2n) is 7.88. The third-order valence-corrected chi connectivity index (χ3v) is 7.27. The van der Waals surface area contributed by atoms with Gasteiger partial charge in [-0.15, -0.1) is 11.3 Å². The van der Waals surface area contributed by atoms with Crippen LogP contribution in [0.15, 0.2) is 17.5 Å². The Morgan fingerprint density at radius 3 is 2.50 bits per heavy atom. The van der Waals surface area contributed by atoms with E-state index < -0.39 is 0 Å². The zero-order chi connectivity index (χ0) is 16.5. The lowest BCUT2D eigenvalue weighted by Gasteiger charge is -2.45. The standard InChI is InChI=1S/C19H29N3OS/c20-18-14-3-1-4-15(18)12-16(11-14)19(23)22-8-6-21(7-9-22)13-17-5-2-10-24-17/h2,5,10,14-16,18H,1,3-4,6-9,11-13,20H2. The molecule has 4 nitrogen and oxygen atoms in total. The average molecular weight is 348 g/mol. The van der Waals surface area contributed by atoms with Crippen molar-refractivity contribution in [2.24, 2.45) is 23.5 Å². The van der Waals surface area contributed by atoms with E-state index >= 15 is 0 Å². The van der Waals surface area contributed by atoms with Gasteiger partial charge in [0, 0.05) is 49.6 Å². The van der Waals surface area contributed by atoms with Gasteiger partial charge in [-0.05, 0) is 49.0 Å². The van der Waals surface area contributed by atoms with Crippen molar-refractivity contribution in [1.29, 1.82) is 0 Å². The van der Waals surface area contributed by atoms with Gasteiger partial charge in [-0.1, -0.05) is 12.5 Å². The summed E-state index contributed by atoms with van der Waals surface area (Å²) in [5.74, 6) is 1.83. The lowest BCUT2D eigenvalue weighted by atomic mass is 9.65. The van der Waals surface area contributed by atoms with E-state index in [2.05, 4.69) is 27.3 Å². The Bertz CT molecular complexity index is 539. The molecule has 2 N–H and O–H groups in total. The van der Waals surface area contributed by atoms with Gasteiger partial charge in [-0.25, -0.2) is 0 Å². The molecular weight excluding hydrogens is 318 g/mol. The molecule has 1 aromatic heterocycles. The quantitative estimate of drug-likeness (QED) is 0.914. The smallest absolute Gasteiger partial charge is 0.225 e. The highest BCUT2D eigenvalue weighted by Crippen LogP contribution is 2.42. The molecule has 5 heteroatoms. The first-order valence-corrected chi connectivity index (χ1v) is 10.4. The summed E-state index contributed by atoms with van der Waals surface area (Å²) in [5, 5.41) is 2.14. The zero-order valence-corrected chi connectivity index (χ0v) is 15.2. The predicted molar refractivity (Wildman–Crippen MR) is 97.7 cm³/mol. The molecule has 0 radical (unpaired) electrons. The Labute approximate surface area is 149 Å². The molecule has 2 saturated carbocycles. The molecule has 2 aliphatic carbocycles. The first-order valence-electron chi connectivity index (χ1n) is 9.50. The second-order valence-corrected chi connectivity index (χ2v) is 8.91. The van der Waals surface area contributed by atoms with E-state index in [-0.39, 0.29) is 5.92 Å². The molecule has 1 saturated heterocycles. The van der Waals surface area contributed by atoms with Crippen molar-refractivity contribution in [1.82, 2.24) is 9.80 Å². The molecule has 2 atom stereocenters. The van der Waals surface area contributed by atoms with Gasteiger partial charge in [-0.3, -0.25) is 9.69 Å². The summed E-state index contributed by atoms with van der Waals surface area (Å²) in [6.07, 6.45) is 5.84. The molecule has 3 aliphatic rings. The van der Waals surface area contributed by atoms with Crippen LogP contribution in [-0.4, -0.2) is 47.9 Å². The minimum absolute atomic E-state index is 0.240. The van der Waals surface area contributed by atoms with Crippen molar-refractivity contribution in [3.05, 3.63) is 22.4 Å². The summed E-state index contributed by atoms with van der Waals surface area (Å²) in [5.41, 5.74) is 6.38. The number of hydrogen-bond acceptors (Lipinski definition) is 4. The summed E-state index contributed by atoms with van der Waals surface area (Å²) in [6, 6.07) is 4.67. The third-order valence-electron chi connectivity index (χ3n) is 6.41. The first kappa shape index (κ1) is 16.6. The fourth-order valence-electron chi connectivity index (χ4n) is 5.00. The maximum absolute atomic E-state index is 13.0. The van der Waals surface area contributed by atoms with Crippen molar-refractivity contribution >= 4 is 17.2 Å². The fraction of sp³-hybridized carbons (Fsp3) is 0.737. The topological polar surface area (TPSA) is 49.6 Å². The second kappa shape index (κ2) is 7.14. The van der Waals surface area contributed by atoms with E-state index in [1.807, 2.05) is 11.3 Å². The van der Waals surface area contributed by atoms with Gasteiger partial charge in [0.25, 0.3) is 0 Å². The molecule has 1 amide bonds. The van der Waals surface area contributed by atoms with Gasteiger partial charge in [0.1, 0.15) is 0 Å². The van der Waals surface area contributed by atoms with Crippen molar-refractivity contribution in [2.45, 2.75) is 44.7 Å². The van der Waals surface area contributed by atoms with Crippen LogP contribution in [0.2, 0.25) is 0 Å². The first-order chi connectivity index (χ1) is 11.7. The van der Waals surface area contributed by atoms with E-state index in [1.165, 1.54) is 24.1 Å². The molecule has 2 unspecified atom stereocenters. The van der Waals surface area contributed by atoms with Crippen LogP contribution in [-0.2, 0) is 11.3 Å². The number of carbonyl (C=O) groups is 1. The van der Waals surface area contributed by atoms with E-state index in [9.17, 15) is 4.79 Å². The minimum atomic E-state index is 0.240. The van der Waals surface area contributed by atoms with Crippen LogP contribution in [0.5, 0.6) is 0 Å². The van der Waals surface area contributed by atoms with Crippen molar-refractivity contribution < 1.29 is 4.79 Å². The molecule has 4 rings (SSSR count). The molecule has 0 spiro atoms.